The fourth-order valence-electron chi connectivity index (χ4n) is 7.00. The van der Waals surface area contributed by atoms with E-state index in [2.05, 4.69) is 0 Å². The maximum Gasteiger partial charge on any atom is 0.293 e. The molecule has 4 aromatic carbocycles. The van der Waals surface area contributed by atoms with Crippen molar-refractivity contribution in [1.29, 1.82) is 0 Å². The summed E-state index contributed by atoms with van der Waals surface area (Å²) in [6.45, 7) is 0. The lowest BCUT2D eigenvalue weighted by Gasteiger charge is -2.52. The smallest absolute Gasteiger partial charge is 0.293 e. The van der Waals surface area contributed by atoms with Gasteiger partial charge in [-0.05, 0) is 40.5 Å². The Bertz CT molecular complexity index is 1720. The number of benzene rings is 4. The lowest BCUT2D eigenvalue weighted by molar-refractivity contribution is -0.384. The third-order valence-electron chi connectivity index (χ3n) is 8.50. The summed E-state index contributed by atoms with van der Waals surface area (Å²) in [5.74, 6) is -2.29. The number of imide groups is 1. The number of nitro groups is 1. The number of para-hydroxylation sites is 4. The fourth-order valence-corrected chi connectivity index (χ4v) is 7.00. The van der Waals surface area contributed by atoms with Crippen LogP contribution in [0.15, 0.2) is 102 Å². The molecular formula is C32H23N3O5. The molecule has 0 N–H and O–H groups in total. The van der Waals surface area contributed by atoms with Crippen LogP contribution in [0.3, 0.4) is 0 Å². The van der Waals surface area contributed by atoms with Crippen molar-refractivity contribution in [2.45, 2.75) is 11.3 Å². The van der Waals surface area contributed by atoms with Crippen LogP contribution < -0.4 is 9.64 Å². The van der Waals surface area contributed by atoms with E-state index in [4.69, 9.17) is 9.73 Å². The minimum absolute atomic E-state index is 0.0128. The Labute approximate surface area is 229 Å². The minimum Gasteiger partial charge on any atom is -0.494 e. The maximum absolute atomic E-state index is 14.5. The van der Waals surface area contributed by atoms with Crippen LogP contribution in [0.4, 0.5) is 17.1 Å². The van der Waals surface area contributed by atoms with Crippen LogP contribution in [0.2, 0.25) is 0 Å². The van der Waals surface area contributed by atoms with Crippen LogP contribution in [-0.4, -0.2) is 30.1 Å². The predicted molar refractivity (Wildman–Crippen MR) is 149 cm³/mol. The predicted octanol–water partition coefficient (Wildman–Crippen LogP) is 5.56. The van der Waals surface area contributed by atoms with E-state index in [1.165, 1.54) is 18.2 Å². The number of rotatable bonds is 5. The van der Waals surface area contributed by atoms with Gasteiger partial charge < -0.3 is 4.74 Å². The molecule has 1 fully saturated rings. The highest BCUT2D eigenvalue weighted by molar-refractivity contribution is 6.25. The third kappa shape index (κ3) is 3.04. The Hall–Kier alpha value is -5.11. The first-order chi connectivity index (χ1) is 19.5. The first-order valence-electron chi connectivity index (χ1n) is 13.0. The quantitative estimate of drug-likeness (QED) is 0.146. The molecule has 1 heterocycles. The number of hydrogen-bond acceptors (Lipinski definition) is 6. The Kier molecular flexibility index (Phi) is 5.22. The van der Waals surface area contributed by atoms with E-state index in [1.54, 1.807) is 19.4 Å². The minimum atomic E-state index is -1.08. The van der Waals surface area contributed by atoms with Crippen molar-refractivity contribution >= 4 is 35.1 Å². The molecule has 8 rings (SSSR count). The molecule has 2 bridgehead atoms. The highest BCUT2D eigenvalue weighted by atomic mass is 16.6. The van der Waals surface area contributed by atoms with Crippen LogP contribution in [-0.2, 0) is 15.0 Å². The monoisotopic (exact) mass is 529 g/mol. The van der Waals surface area contributed by atoms with Gasteiger partial charge in [0.1, 0.15) is 17.1 Å². The lowest BCUT2D eigenvalue weighted by atomic mass is 9.47. The zero-order valence-corrected chi connectivity index (χ0v) is 21.4. The van der Waals surface area contributed by atoms with E-state index in [9.17, 15) is 19.7 Å². The number of methoxy groups -OCH3 is 1. The van der Waals surface area contributed by atoms with Gasteiger partial charge >= 0.3 is 0 Å². The number of ether oxygens (including phenoxy) is 1. The number of carbonyl (C=O) groups excluding carboxylic acids is 2. The van der Waals surface area contributed by atoms with Gasteiger partial charge in [-0.2, -0.15) is 0 Å². The van der Waals surface area contributed by atoms with Crippen LogP contribution in [0.5, 0.6) is 5.75 Å². The summed E-state index contributed by atoms with van der Waals surface area (Å²) in [6.07, 6.45) is 1.78. The second kappa shape index (κ2) is 8.71. The maximum atomic E-state index is 14.5. The zero-order chi connectivity index (χ0) is 27.6. The third-order valence-corrected chi connectivity index (χ3v) is 8.50. The van der Waals surface area contributed by atoms with E-state index < -0.39 is 34.0 Å². The van der Waals surface area contributed by atoms with Gasteiger partial charge in [0.05, 0.1) is 29.3 Å². The molecule has 4 aromatic rings. The van der Waals surface area contributed by atoms with Gasteiger partial charge in [0.25, 0.3) is 5.69 Å². The number of nitro benzene ring substituents is 1. The SMILES string of the molecule is COc1ccccc1N=CC12c3ccccc3C(c3ccccc31)[C@H]1C(=O)N(c3ccccc3[N+](=O)[O-])C(=O)[C@H]12. The van der Waals surface area contributed by atoms with Crippen molar-refractivity contribution in [3.05, 3.63) is 129 Å². The topological polar surface area (TPSA) is 102 Å². The van der Waals surface area contributed by atoms with Crippen LogP contribution in [0.25, 0.3) is 0 Å². The Balaban J connectivity index is 1.51. The van der Waals surface area contributed by atoms with Crippen LogP contribution in [0.1, 0.15) is 28.2 Å². The summed E-state index contributed by atoms with van der Waals surface area (Å²) in [5, 5.41) is 11.9. The molecule has 8 heteroatoms. The average Bonchev–Trinajstić information content (AvgIpc) is 3.26. The summed E-state index contributed by atoms with van der Waals surface area (Å²) in [5.41, 5.74) is 2.93. The number of aliphatic imine (C=N–C) groups is 1. The molecule has 0 unspecified atom stereocenters. The Morgan fingerprint density at radius 3 is 2.12 bits per heavy atom. The van der Waals surface area contributed by atoms with Gasteiger partial charge in [-0.1, -0.05) is 72.8 Å². The Morgan fingerprint density at radius 1 is 0.850 bits per heavy atom. The van der Waals surface area contributed by atoms with E-state index in [-0.39, 0.29) is 17.3 Å². The standard InChI is InChI=1S/C32H23N3O5/c1-40-26-17-9-6-14-23(26)33-18-32-21-12-4-2-10-19(21)27(20-11-3-5-13-22(20)32)28-29(32)31(37)34(30(28)36)24-15-7-8-16-25(24)35(38)39/h2-18,27-29H,1H3/t27?,28-,29+,32?/m1/s1. The fraction of sp³-hybridized carbons (Fsp3) is 0.156. The highest BCUT2D eigenvalue weighted by Gasteiger charge is 2.68. The zero-order valence-electron chi connectivity index (χ0n) is 21.4. The van der Waals surface area contributed by atoms with Crippen LogP contribution >= 0.6 is 0 Å². The summed E-state index contributed by atoms with van der Waals surface area (Å²) in [4.78, 5) is 46.0. The second-order valence-electron chi connectivity index (χ2n) is 10.2. The van der Waals surface area contributed by atoms with Crippen LogP contribution in [0, 0.1) is 22.0 Å². The number of amides is 2. The molecule has 2 amide bonds. The largest absolute Gasteiger partial charge is 0.494 e. The molecular weight excluding hydrogens is 506 g/mol. The highest BCUT2D eigenvalue weighted by Crippen LogP contribution is 2.64. The van der Waals surface area contributed by atoms with E-state index in [0.717, 1.165) is 27.2 Å². The van der Waals surface area contributed by atoms with Crippen molar-refractivity contribution in [3.8, 4) is 5.75 Å². The van der Waals surface area contributed by atoms with Crippen molar-refractivity contribution in [3.63, 3.8) is 0 Å². The lowest BCUT2D eigenvalue weighted by Crippen LogP contribution is -2.54. The number of anilines is 1. The molecule has 3 aliphatic carbocycles. The van der Waals surface area contributed by atoms with E-state index >= 15 is 0 Å². The van der Waals surface area contributed by atoms with Gasteiger partial charge in [-0.25, -0.2) is 4.90 Å². The summed E-state index contributed by atoms with van der Waals surface area (Å²) < 4.78 is 5.53. The van der Waals surface area contributed by atoms with E-state index in [0.29, 0.717) is 11.4 Å². The number of nitrogens with zero attached hydrogens (tertiary/aromatic N) is 3. The molecule has 196 valence electrons. The van der Waals surface area contributed by atoms with Gasteiger partial charge in [0.2, 0.25) is 11.8 Å². The molecule has 1 saturated heterocycles. The summed E-state index contributed by atoms with van der Waals surface area (Å²) >= 11 is 0. The molecule has 0 saturated carbocycles. The Morgan fingerprint density at radius 2 is 1.45 bits per heavy atom. The number of hydrogen-bond donors (Lipinski definition) is 0. The van der Waals surface area contributed by atoms with Crippen molar-refractivity contribution in [2.75, 3.05) is 12.0 Å². The molecule has 0 aromatic heterocycles. The van der Waals surface area contributed by atoms with Gasteiger partial charge in [-0.15, -0.1) is 0 Å². The van der Waals surface area contributed by atoms with Gasteiger partial charge in [-0.3, -0.25) is 24.7 Å². The van der Waals surface area contributed by atoms with E-state index in [1.807, 2.05) is 72.8 Å². The van der Waals surface area contributed by atoms with Gasteiger partial charge in [0, 0.05) is 18.2 Å². The molecule has 1 aliphatic heterocycles. The van der Waals surface area contributed by atoms with Gasteiger partial charge in [0.15, 0.2) is 0 Å². The molecule has 2 atom stereocenters. The first-order valence-corrected chi connectivity index (χ1v) is 13.0. The van der Waals surface area contributed by atoms with Crippen molar-refractivity contribution in [1.82, 2.24) is 0 Å². The number of carbonyl (C=O) groups is 2. The van der Waals surface area contributed by atoms with Crippen molar-refractivity contribution in [2.24, 2.45) is 16.8 Å². The molecule has 8 nitrogen and oxygen atoms in total. The molecule has 0 radical (unpaired) electrons. The molecule has 0 spiro atoms. The normalized spacial score (nSPS) is 24.1. The second-order valence-corrected chi connectivity index (χ2v) is 10.2. The summed E-state index contributed by atoms with van der Waals surface area (Å²) in [7, 11) is 1.57. The molecule has 4 aliphatic rings. The molecule has 40 heavy (non-hydrogen) atoms. The summed E-state index contributed by atoms with van der Waals surface area (Å²) in [6, 6.07) is 29.0. The van der Waals surface area contributed by atoms with Crippen molar-refractivity contribution < 1.29 is 19.2 Å². The first kappa shape index (κ1) is 24.0. The average molecular weight is 530 g/mol.